The molecule has 7 heteroatoms. The van der Waals surface area contributed by atoms with Gasteiger partial charge in [-0.2, -0.15) is 5.10 Å². The monoisotopic (exact) mass is 369 g/mol. The summed E-state index contributed by atoms with van der Waals surface area (Å²) in [5, 5.41) is 5.24. The number of rotatable bonds is 8. The van der Waals surface area contributed by atoms with Gasteiger partial charge < -0.3 is 4.74 Å². The van der Waals surface area contributed by atoms with E-state index in [0.29, 0.717) is 24.6 Å². The molecule has 0 fully saturated rings. The van der Waals surface area contributed by atoms with Gasteiger partial charge in [0.2, 0.25) is 0 Å². The summed E-state index contributed by atoms with van der Waals surface area (Å²) >= 11 is 0. The van der Waals surface area contributed by atoms with Crippen LogP contribution in [0.1, 0.15) is 5.56 Å². The molecule has 0 aliphatic carbocycles. The SMILES string of the molecule is O=S(=O)(/C=C/c1ccccc1)Nc1cccc(OCCn2cccn2)c1. The molecule has 2 aromatic carbocycles. The molecule has 0 atom stereocenters. The maximum Gasteiger partial charge on any atom is 0.255 e. The molecule has 0 saturated carbocycles. The van der Waals surface area contributed by atoms with Crippen molar-refractivity contribution >= 4 is 21.8 Å². The third kappa shape index (κ3) is 5.49. The fraction of sp³-hybridized carbons (Fsp3) is 0.105. The number of nitrogens with zero attached hydrogens (tertiary/aromatic N) is 2. The van der Waals surface area contributed by atoms with Gasteiger partial charge in [0.25, 0.3) is 10.0 Å². The maximum atomic E-state index is 12.2. The van der Waals surface area contributed by atoms with E-state index < -0.39 is 10.0 Å². The molecule has 0 spiro atoms. The van der Waals surface area contributed by atoms with Gasteiger partial charge in [-0.25, -0.2) is 8.42 Å². The highest BCUT2D eigenvalue weighted by Gasteiger charge is 2.06. The molecule has 0 amide bonds. The number of sulfonamides is 1. The van der Waals surface area contributed by atoms with Crippen LogP contribution in [0.3, 0.4) is 0 Å². The summed E-state index contributed by atoms with van der Waals surface area (Å²) in [6, 6.07) is 17.9. The second kappa shape index (κ2) is 8.35. The lowest BCUT2D eigenvalue weighted by Crippen LogP contribution is -2.10. The zero-order valence-electron chi connectivity index (χ0n) is 14.0. The molecule has 6 nitrogen and oxygen atoms in total. The first kappa shape index (κ1) is 17.8. The highest BCUT2D eigenvalue weighted by atomic mass is 32.2. The predicted octanol–water partition coefficient (Wildman–Crippen LogP) is 3.37. The third-order valence-corrected chi connectivity index (χ3v) is 4.50. The van der Waals surface area contributed by atoms with E-state index in [-0.39, 0.29) is 0 Å². The number of benzene rings is 2. The van der Waals surface area contributed by atoms with Crippen LogP contribution >= 0.6 is 0 Å². The van der Waals surface area contributed by atoms with Crippen LogP contribution in [0.5, 0.6) is 5.75 Å². The number of aromatic nitrogens is 2. The van der Waals surface area contributed by atoms with Gasteiger partial charge in [-0.15, -0.1) is 0 Å². The van der Waals surface area contributed by atoms with E-state index in [1.807, 2.05) is 42.6 Å². The Labute approximate surface area is 152 Å². The maximum absolute atomic E-state index is 12.2. The molecule has 0 aliphatic heterocycles. The number of nitrogens with one attached hydrogen (secondary N) is 1. The first-order valence-corrected chi connectivity index (χ1v) is 9.62. The molecule has 26 heavy (non-hydrogen) atoms. The second-order valence-electron chi connectivity index (χ2n) is 5.51. The number of hydrogen-bond donors (Lipinski definition) is 1. The number of anilines is 1. The van der Waals surface area contributed by atoms with E-state index in [0.717, 1.165) is 11.0 Å². The average Bonchev–Trinajstić information content (AvgIpc) is 3.14. The number of ether oxygens (including phenoxy) is 1. The second-order valence-corrected chi connectivity index (χ2v) is 7.07. The van der Waals surface area contributed by atoms with Crippen LogP contribution in [0.25, 0.3) is 6.08 Å². The molecule has 0 saturated heterocycles. The summed E-state index contributed by atoms with van der Waals surface area (Å²) in [5.41, 5.74) is 1.26. The molecular weight excluding hydrogens is 350 g/mol. The van der Waals surface area contributed by atoms with Gasteiger partial charge in [0.1, 0.15) is 12.4 Å². The van der Waals surface area contributed by atoms with Crippen LogP contribution < -0.4 is 9.46 Å². The van der Waals surface area contributed by atoms with Crippen LogP contribution in [0.4, 0.5) is 5.69 Å². The molecule has 1 aromatic heterocycles. The summed E-state index contributed by atoms with van der Waals surface area (Å²) in [4.78, 5) is 0. The van der Waals surface area contributed by atoms with Gasteiger partial charge in [0, 0.05) is 18.5 Å². The molecule has 3 rings (SSSR count). The lowest BCUT2D eigenvalue weighted by molar-refractivity contribution is 0.291. The van der Waals surface area contributed by atoms with Gasteiger partial charge in [-0.05, 0) is 29.8 Å². The van der Waals surface area contributed by atoms with Crippen molar-refractivity contribution in [2.45, 2.75) is 6.54 Å². The molecule has 0 unspecified atom stereocenters. The molecule has 3 aromatic rings. The molecule has 0 radical (unpaired) electrons. The zero-order chi connectivity index (χ0) is 18.2. The topological polar surface area (TPSA) is 73.2 Å². The smallest absolute Gasteiger partial charge is 0.255 e. The molecule has 134 valence electrons. The first-order chi connectivity index (χ1) is 12.6. The quantitative estimate of drug-likeness (QED) is 0.661. The molecule has 0 bridgehead atoms. The van der Waals surface area contributed by atoms with Crippen LogP contribution in [0.2, 0.25) is 0 Å². The fourth-order valence-corrected chi connectivity index (χ4v) is 3.13. The Bertz CT molecular complexity index is 953. The van der Waals surface area contributed by atoms with Crippen molar-refractivity contribution in [3.63, 3.8) is 0 Å². The van der Waals surface area contributed by atoms with Crippen LogP contribution in [-0.2, 0) is 16.6 Å². The van der Waals surface area contributed by atoms with Crippen molar-refractivity contribution in [2.75, 3.05) is 11.3 Å². The van der Waals surface area contributed by atoms with Gasteiger partial charge in [-0.1, -0.05) is 36.4 Å². The van der Waals surface area contributed by atoms with Crippen molar-refractivity contribution in [3.05, 3.63) is 84.0 Å². The third-order valence-electron chi connectivity index (χ3n) is 3.48. The number of hydrogen-bond acceptors (Lipinski definition) is 4. The van der Waals surface area contributed by atoms with Crippen LogP contribution in [0.15, 0.2) is 78.5 Å². The standard InChI is InChI=1S/C19H19N3O3S/c23-26(24,15-10-17-6-2-1-3-7-17)21-18-8-4-9-19(16-18)25-14-13-22-12-5-11-20-22/h1-12,15-16,21H,13-14H2/b15-10+. The Kier molecular flexibility index (Phi) is 5.70. The summed E-state index contributed by atoms with van der Waals surface area (Å²) in [7, 11) is -3.61. The van der Waals surface area contributed by atoms with Gasteiger partial charge >= 0.3 is 0 Å². The normalized spacial score (nSPS) is 11.5. The molecule has 1 N–H and O–H groups in total. The van der Waals surface area contributed by atoms with Crippen LogP contribution in [-0.4, -0.2) is 24.8 Å². The molecular formula is C19H19N3O3S. The van der Waals surface area contributed by atoms with Crippen LogP contribution in [0, 0.1) is 0 Å². The van der Waals surface area contributed by atoms with Crippen molar-refractivity contribution in [3.8, 4) is 5.75 Å². The fourth-order valence-electron chi connectivity index (χ4n) is 2.27. The summed E-state index contributed by atoms with van der Waals surface area (Å²) in [6.07, 6.45) is 5.11. The van der Waals surface area contributed by atoms with E-state index in [1.165, 1.54) is 0 Å². The van der Waals surface area contributed by atoms with Crippen molar-refractivity contribution in [1.82, 2.24) is 9.78 Å². The average molecular weight is 369 g/mol. The Morgan fingerprint density at radius 2 is 1.92 bits per heavy atom. The lowest BCUT2D eigenvalue weighted by atomic mass is 10.2. The largest absolute Gasteiger partial charge is 0.492 e. The van der Waals surface area contributed by atoms with Crippen molar-refractivity contribution < 1.29 is 13.2 Å². The Hall–Kier alpha value is -3.06. The van der Waals surface area contributed by atoms with Crippen molar-refractivity contribution in [1.29, 1.82) is 0 Å². The zero-order valence-corrected chi connectivity index (χ0v) is 14.8. The Balaban J connectivity index is 1.59. The Morgan fingerprint density at radius 1 is 1.08 bits per heavy atom. The van der Waals surface area contributed by atoms with E-state index in [4.69, 9.17) is 4.74 Å². The van der Waals surface area contributed by atoms with E-state index in [2.05, 4.69) is 9.82 Å². The molecule has 0 aliphatic rings. The first-order valence-electron chi connectivity index (χ1n) is 8.07. The van der Waals surface area contributed by atoms with Gasteiger partial charge in [0.05, 0.1) is 17.6 Å². The highest BCUT2D eigenvalue weighted by Crippen LogP contribution is 2.19. The van der Waals surface area contributed by atoms with E-state index >= 15 is 0 Å². The molecule has 1 heterocycles. The Morgan fingerprint density at radius 3 is 2.69 bits per heavy atom. The van der Waals surface area contributed by atoms with Crippen molar-refractivity contribution in [2.24, 2.45) is 0 Å². The summed E-state index contributed by atoms with van der Waals surface area (Å²) in [6.45, 7) is 1.05. The minimum atomic E-state index is -3.61. The van der Waals surface area contributed by atoms with Gasteiger partial charge in [0.15, 0.2) is 0 Å². The predicted molar refractivity (Wildman–Crippen MR) is 102 cm³/mol. The minimum Gasteiger partial charge on any atom is -0.492 e. The highest BCUT2D eigenvalue weighted by molar-refractivity contribution is 7.95. The van der Waals surface area contributed by atoms with E-state index in [9.17, 15) is 8.42 Å². The lowest BCUT2D eigenvalue weighted by Gasteiger charge is -2.09. The van der Waals surface area contributed by atoms with Gasteiger partial charge in [-0.3, -0.25) is 9.40 Å². The summed E-state index contributed by atoms with van der Waals surface area (Å²) in [5.74, 6) is 0.587. The minimum absolute atomic E-state index is 0.436. The van der Waals surface area contributed by atoms with E-state index in [1.54, 1.807) is 41.2 Å². The summed E-state index contributed by atoms with van der Waals surface area (Å²) < 4.78 is 34.3.